The number of benzene rings is 2. The van der Waals surface area contributed by atoms with Crippen molar-refractivity contribution in [2.75, 3.05) is 0 Å². The van der Waals surface area contributed by atoms with Crippen molar-refractivity contribution < 1.29 is 28.2 Å². The van der Waals surface area contributed by atoms with E-state index in [0.717, 1.165) is 17.7 Å². The number of ketones is 1. The van der Waals surface area contributed by atoms with Gasteiger partial charge in [0.05, 0.1) is 24.2 Å². The summed E-state index contributed by atoms with van der Waals surface area (Å²) in [7, 11) is 0. The Balaban J connectivity index is 1.41. The maximum atomic E-state index is 13.3. The van der Waals surface area contributed by atoms with Crippen molar-refractivity contribution in [3.8, 4) is 0 Å². The van der Waals surface area contributed by atoms with Crippen molar-refractivity contribution in [3.05, 3.63) is 97.9 Å². The largest absolute Gasteiger partial charge is 0.478 e. The van der Waals surface area contributed by atoms with E-state index in [-0.39, 0.29) is 37.4 Å². The zero-order valence-electron chi connectivity index (χ0n) is 17.6. The fourth-order valence-electron chi connectivity index (χ4n) is 3.34. The van der Waals surface area contributed by atoms with Gasteiger partial charge in [-0.15, -0.1) is 11.3 Å². The smallest absolute Gasteiger partial charge is 0.335 e. The number of rotatable bonds is 9. The molecule has 0 amide bonds. The summed E-state index contributed by atoms with van der Waals surface area (Å²) in [5.74, 6) is -3.46. The minimum Gasteiger partial charge on any atom is -0.478 e. The molecule has 2 N–H and O–H groups in total. The number of fused-ring (bicyclic) bond motifs is 1. The van der Waals surface area contributed by atoms with E-state index in [1.54, 1.807) is 17.5 Å². The van der Waals surface area contributed by atoms with Gasteiger partial charge in [0, 0.05) is 12.0 Å². The molecule has 4 rings (SSSR count). The number of aromatic carboxylic acids is 1. The summed E-state index contributed by atoms with van der Waals surface area (Å²) in [6, 6.07) is 9.72. The second kappa shape index (κ2) is 10.0. The van der Waals surface area contributed by atoms with E-state index >= 15 is 0 Å². The van der Waals surface area contributed by atoms with Gasteiger partial charge in [0.1, 0.15) is 4.83 Å². The molecule has 4 aromatic rings. The summed E-state index contributed by atoms with van der Waals surface area (Å²) in [4.78, 5) is 43.2. The van der Waals surface area contributed by atoms with E-state index in [1.807, 2.05) is 0 Å². The number of hydrogen-bond acceptors (Lipinski definition) is 6. The lowest BCUT2D eigenvalue weighted by Gasteiger charge is -2.05. The summed E-state index contributed by atoms with van der Waals surface area (Å²) in [6.45, 7) is 0.359. The lowest BCUT2D eigenvalue weighted by atomic mass is 10.1. The molecule has 0 atom stereocenters. The zero-order chi connectivity index (χ0) is 24.2. The van der Waals surface area contributed by atoms with Crippen LogP contribution >= 0.6 is 11.3 Å². The van der Waals surface area contributed by atoms with Gasteiger partial charge >= 0.3 is 5.97 Å². The number of aromatic amines is 1. The third kappa shape index (κ3) is 5.24. The highest BCUT2D eigenvalue weighted by Crippen LogP contribution is 2.23. The monoisotopic (exact) mass is 484 g/mol. The number of carbonyl (C=O) groups excluding carboxylic acids is 1. The van der Waals surface area contributed by atoms with E-state index < -0.39 is 28.9 Å². The molecule has 2 aromatic carbocycles. The first-order valence-corrected chi connectivity index (χ1v) is 11.1. The van der Waals surface area contributed by atoms with Crippen LogP contribution in [0.15, 0.2) is 52.6 Å². The minimum absolute atomic E-state index is 0.0263. The van der Waals surface area contributed by atoms with Crippen molar-refractivity contribution >= 4 is 33.3 Å². The Morgan fingerprint density at radius 1 is 1.03 bits per heavy atom. The molecule has 0 aliphatic heterocycles. The molecule has 7 nitrogen and oxygen atoms in total. The maximum absolute atomic E-state index is 13.3. The van der Waals surface area contributed by atoms with Crippen molar-refractivity contribution in [2.24, 2.45) is 0 Å². The van der Waals surface area contributed by atoms with Crippen molar-refractivity contribution in [1.82, 2.24) is 9.97 Å². The number of aryl methyl sites for hydroxylation is 1. The van der Waals surface area contributed by atoms with Crippen molar-refractivity contribution in [1.29, 1.82) is 0 Å². The van der Waals surface area contributed by atoms with Crippen LogP contribution in [-0.2, 0) is 24.4 Å². The highest BCUT2D eigenvalue weighted by molar-refractivity contribution is 7.16. The molecule has 34 heavy (non-hydrogen) atoms. The van der Waals surface area contributed by atoms with Crippen LogP contribution in [0.4, 0.5) is 8.78 Å². The van der Waals surface area contributed by atoms with Crippen molar-refractivity contribution in [2.45, 2.75) is 26.1 Å². The van der Waals surface area contributed by atoms with Gasteiger partial charge in [-0.1, -0.05) is 18.2 Å². The van der Waals surface area contributed by atoms with Gasteiger partial charge < -0.3 is 14.8 Å². The molecule has 0 saturated carbocycles. The molecule has 2 heterocycles. The number of Topliss-reactive ketones (excluding diaryl/α,β-unsaturated/α-hetero) is 1. The predicted octanol–water partition coefficient (Wildman–Crippen LogP) is 4.49. The maximum Gasteiger partial charge on any atom is 0.335 e. The van der Waals surface area contributed by atoms with E-state index in [2.05, 4.69) is 9.97 Å². The number of H-pyrrole nitrogens is 1. The number of nitrogens with zero attached hydrogens (tertiary/aromatic N) is 1. The van der Waals surface area contributed by atoms with Crippen LogP contribution in [0.25, 0.3) is 10.2 Å². The van der Waals surface area contributed by atoms with Crippen LogP contribution in [0, 0.1) is 11.6 Å². The molecular formula is C24H18F2N2O5S. The van der Waals surface area contributed by atoms with Crippen LogP contribution in [0.3, 0.4) is 0 Å². The second-order valence-corrected chi connectivity index (χ2v) is 8.38. The fraction of sp³-hybridized carbons (Fsp3) is 0.167. The van der Waals surface area contributed by atoms with Gasteiger partial charge in [0.25, 0.3) is 5.56 Å². The number of nitrogens with one attached hydrogen (secondary N) is 1. The summed E-state index contributed by atoms with van der Waals surface area (Å²) >= 11 is 1.21. The molecule has 0 aliphatic carbocycles. The SMILES string of the molecule is O=C(O)c1ccc(COCc2csc3nc(C(=O)CCc4ccc(F)c(F)c4)[nH]c(=O)c23)cc1. The van der Waals surface area contributed by atoms with Crippen LogP contribution in [0.5, 0.6) is 0 Å². The Labute approximate surface area is 195 Å². The highest BCUT2D eigenvalue weighted by atomic mass is 32.1. The number of carboxylic acid groups (broad SMARTS) is 1. The van der Waals surface area contributed by atoms with E-state index in [4.69, 9.17) is 9.84 Å². The molecule has 2 aromatic heterocycles. The number of aromatic nitrogens is 2. The molecule has 0 saturated heterocycles. The summed E-state index contributed by atoms with van der Waals surface area (Å²) < 4.78 is 32.0. The fourth-order valence-corrected chi connectivity index (χ4v) is 4.26. The van der Waals surface area contributed by atoms with Crippen LogP contribution in [-0.4, -0.2) is 26.8 Å². The number of hydrogen-bond donors (Lipinski definition) is 2. The Kier molecular flexibility index (Phi) is 6.90. The summed E-state index contributed by atoms with van der Waals surface area (Å²) in [6.07, 6.45) is 0.149. The number of thiophene rings is 1. The quantitative estimate of drug-likeness (QED) is 0.339. The van der Waals surface area contributed by atoms with Gasteiger partial charge in [-0.3, -0.25) is 9.59 Å². The lowest BCUT2D eigenvalue weighted by molar-refractivity contribution is 0.0696. The minimum atomic E-state index is -1.01. The number of carbonyl (C=O) groups is 2. The Bertz CT molecular complexity index is 1430. The predicted molar refractivity (Wildman–Crippen MR) is 121 cm³/mol. The van der Waals surface area contributed by atoms with Crippen LogP contribution in [0.1, 0.15) is 44.1 Å². The molecule has 0 aliphatic rings. The van der Waals surface area contributed by atoms with E-state index in [1.165, 1.54) is 29.5 Å². The Morgan fingerprint density at radius 2 is 1.76 bits per heavy atom. The average Bonchev–Trinajstić information content (AvgIpc) is 3.23. The second-order valence-electron chi connectivity index (χ2n) is 7.52. The first-order valence-electron chi connectivity index (χ1n) is 10.2. The molecule has 0 spiro atoms. The van der Waals surface area contributed by atoms with Crippen LogP contribution < -0.4 is 5.56 Å². The van der Waals surface area contributed by atoms with Crippen LogP contribution in [0.2, 0.25) is 0 Å². The zero-order valence-corrected chi connectivity index (χ0v) is 18.5. The molecule has 0 bridgehead atoms. The molecular weight excluding hydrogens is 466 g/mol. The third-order valence-corrected chi connectivity index (χ3v) is 6.06. The number of halogens is 2. The average molecular weight is 484 g/mol. The molecule has 0 radical (unpaired) electrons. The first kappa shape index (κ1) is 23.4. The molecule has 174 valence electrons. The first-order chi connectivity index (χ1) is 16.3. The van der Waals surface area contributed by atoms with Gasteiger partial charge in [0.15, 0.2) is 23.2 Å². The summed E-state index contributed by atoms with van der Waals surface area (Å²) in [5, 5.41) is 11.0. The normalized spacial score (nSPS) is 11.1. The molecule has 0 fully saturated rings. The number of ether oxygens (including phenoxy) is 1. The Morgan fingerprint density at radius 3 is 2.47 bits per heavy atom. The van der Waals surface area contributed by atoms with E-state index in [9.17, 15) is 23.2 Å². The third-order valence-electron chi connectivity index (χ3n) is 5.14. The Hall–Kier alpha value is -3.76. The van der Waals surface area contributed by atoms with Gasteiger partial charge in [-0.05, 0) is 47.2 Å². The standard InChI is InChI=1S/C24H18F2N2O5S/c25-17-7-3-13(9-18(17)26)4-8-19(29)21-27-22(30)20-16(12-34-23(20)28-21)11-33-10-14-1-5-15(6-2-14)24(31)32/h1-3,5-7,9,12H,4,8,10-11H2,(H,31,32)(H,27,28,30). The number of carboxylic acids is 1. The molecule has 0 unspecified atom stereocenters. The summed E-state index contributed by atoms with van der Waals surface area (Å²) in [5.41, 5.74) is 1.58. The van der Waals surface area contributed by atoms with E-state index in [0.29, 0.717) is 21.3 Å². The van der Waals surface area contributed by atoms with Gasteiger partial charge in [-0.25, -0.2) is 18.6 Å². The molecule has 10 heteroatoms. The van der Waals surface area contributed by atoms with Crippen molar-refractivity contribution in [3.63, 3.8) is 0 Å². The van der Waals surface area contributed by atoms with Gasteiger partial charge in [-0.2, -0.15) is 0 Å². The lowest BCUT2D eigenvalue weighted by Crippen LogP contribution is -2.16. The highest BCUT2D eigenvalue weighted by Gasteiger charge is 2.16. The topological polar surface area (TPSA) is 109 Å². The van der Waals surface area contributed by atoms with Gasteiger partial charge in [0.2, 0.25) is 0 Å².